The number of nitrogens with one attached hydrogen (secondary N) is 1. The van der Waals surface area contributed by atoms with Crippen molar-refractivity contribution in [2.24, 2.45) is 0 Å². The molecule has 1 N–H and O–H groups in total. The molecule has 0 spiro atoms. The van der Waals surface area contributed by atoms with Crippen LogP contribution in [0.1, 0.15) is 51.4 Å². The van der Waals surface area contributed by atoms with Crippen molar-refractivity contribution in [2.75, 3.05) is 0 Å². The molecule has 2 aromatic rings. The molecule has 0 aliphatic heterocycles. The van der Waals surface area contributed by atoms with E-state index in [0.29, 0.717) is 12.0 Å². The lowest BCUT2D eigenvalue weighted by atomic mass is 9.98. The standard InChI is InChI=1S/C16H23NO/c1-5-12(4)13-6-7-16-14(8-13)9-15(18-16)10-17-11(2)3/h6-9,11-12,17H,5,10H2,1-4H3. The van der Waals surface area contributed by atoms with Crippen LogP contribution in [0.4, 0.5) is 0 Å². The van der Waals surface area contributed by atoms with Crippen LogP contribution in [0.5, 0.6) is 0 Å². The smallest absolute Gasteiger partial charge is 0.134 e. The highest BCUT2D eigenvalue weighted by Crippen LogP contribution is 2.26. The summed E-state index contributed by atoms with van der Waals surface area (Å²) in [6.07, 6.45) is 1.17. The Labute approximate surface area is 109 Å². The van der Waals surface area contributed by atoms with E-state index >= 15 is 0 Å². The van der Waals surface area contributed by atoms with Crippen molar-refractivity contribution in [3.05, 3.63) is 35.6 Å². The fourth-order valence-corrected chi connectivity index (χ4v) is 2.05. The van der Waals surface area contributed by atoms with Gasteiger partial charge in [0.15, 0.2) is 0 Å². The highest BCUT2D eigenvalue weighted by atomic mass is 16.3. The quantitative estimate of drug-likeness (QED) is 0.842. The molecule has 1 aromatic heterocycles. The van der Waals surface area contributed by atoms with Gasteiger partial charge in [-0.1, -0.05) is 33.8 Å². The molecule has 1 unspecified atom stereocenters. The molecule has 0 saturated heterocycles. The number of hydrogen-bond donors (Lipinski definition) is 1. The van der Waals surface area contributed by atoms with E-state index in [9.17, 15) is 0 Å². The van der Waals surface area contributed by atoms with Crippen molar-refractivity contribution >= 4 is 11.0 Å². The third-order valence-electron chi connectivity index (χ3n) is 3.46. The molecule has 1 aromatic carbocycles. The number of fused-ring (bicyclic) bond motifs is 1. The minimum Gasteiger partial charge on any atom is -0.460 e. The van der Waals surface area contributed by atoms with Gasteiger partial charge < -0.3 is 9.73 Å². The first kappa shape index (κ1) is 13.2. The Hall–Kier alpha value is -1.28. The first-order valence-electron chi connectivity index (χ1n) is 6.86. The maximum absolute atomic E-state index is 5.82. The maximum atomic E-state index is 5.82. The Kier molecular flexibility index (Phi) is 4.07. The third kappa shape index (κ3) is 2.94. The zero-order valence-electron chi connectivity index (χ0n) is 11.8. The normalized spacial score (nSPS) is 13.4. The second-order valence-electron chi connectivity index (χ2n) is 5.35. The molecular formula is C16H23NO. The summed E-state index contributed by atoms with van der Waals surface area (Å²) in [5, 5.41) is 4.59. The molecule has 0 radical (unpaired) electrons. The lowest BCUT2D eigenvalue weighted by Crippen LogP contribution is -2.21. The van der Waals surface area contributed by atoms with Gasteiger partial charge in [-0.2, -0.15) is 0 Å². The molecule has 0 amide bonds. The van der Waals surface area contributed by atoms with Crippen LogP contribution < -0.4 is 5.32 Å². The summed E-state index contributed by atoms with van der Waals surface area (Å²) in [5.74, 6) is 1.63. The van der Waals surface area contributed by atoms with Crippen LogP contribution in [-0.4, -0.2) is 6.04 Å². The summed E-state index contributed by atoms with van der Waals surface area (Å²) in [4.78, 5) is 0. The van der Waals surface area contributed by atoms with E-state index in [-0.39, 0.29) is 0 Å². The highest BCUT2D eigenvalue weighted by Gasteiger charge is 2.08. The molecule has 18 heavy (non-hydrogen) atoms. The van der Waals surface area contributed by atoms with Crippen LogP contribution in [0.3, 0.4) is 0 Å². The van der Waals surface area contributed by atoms with Gasteiger partial charge in [-0.25, -0.2) is 0 Å². The summed E-state index contributed by atoms with van der Waals surface area (Å²) in [7, 11) is 0. The summed E-state index contributed by atoms with van der Waals surface area (Å²) in [5.41, 5.74) is 2.39. The second-order valence-corrected chi connectivity index (χ2v) is 5.35. The van der Waals surface area contributed by atoms with E-state index in [1.165, 1.54) is 17.4 Å². The molecule has 2 heteroatoms. The summed E-state index contributed by atoms with van der Waals surface area (Å²) < 4.78 is 5.82. The Morgan fingerprint density at radius 2 is 1.94 bits per heavy atom. The third-order valence-corrected chi connectivity index (χ3v) is 3.46. The molecule has 2 rings (SSSR count). The lowest BCUT2D eigenvalue weighted by Gasteiger charge is -2.07. The molecule has 0 saturated carbocycles. The van der Waals surface area contributed by atoms with Gasteiger partial charge in [0.05, 0.1) is 6.54 Å². The first-order chi connectivity index (χ1) is 8.60. The zero-order valence-corrected chi connectivity index (χ0v) is 11.8. The average Bonchev–Trinajstić information content (AvgIpc) is 2.77. The van der Waals surface area contributed by atoms with Crippen molar-refractivity contribution in [1.82, 2.24) is 5.32 Å². The Morgan fingerprint density at radius 1 is 1.17 bits per heavy atom. The molecule has 0 aliphatic carbocycles. The van der Waals surface area contributed by atoms with Gasteiger partial charge in [-0.15, -0.1) is 0 Å². The van der Waals surface area contributed by atoms with E-state index in [0.717, 1.165) is 17.9 Å². The fourth-order valence-electron chi connectivity index (χ4n) is 2.05. The van der Waals surface area contributed by atoms with Crippen molar-refractivity contribution in [1.29, 1.82) is 0 Å². The lowest BCUT2D eigenvalue weighted by molar-refractivity contribution is 0.488. The molecule has 1 heterocycles. The molecule has 98 valence electrons. The van der Waals surface area contributed by atoms with Gasteiger partial charge in [0, 0.05) is 11.4 Å². The van der Waals surface area contributed by atoms with E-state index in [1.807, 2.05) is 0 Å². The molecule has 2 nitrogen and oxygen atoms in total. The van der Waals surface area contributed by atoms with Gasteiger partial charge in [0.1, 0.15) is 11.3 Å². The van der Waals surface area contributed by atoms with Crippen LogP contribution in [0.15, 0.2) is 28.7 Å². The van der Waals surface area contributed by atoms with Gasteiger partial charge in [0.25, 0.3) is 0 Å². The summed E-state index contributed by atoms with van der Waals surface area (Å²) in [6.45, 7) is 9.57. The number of benzene rings is 1. The number of furan rings is 1. The van der Waals surface area contributed by atoms with Crippen molar-refractivity contribution < 1.29 is 4.42 Å². The molecule has 0 bridgehead atoms. The fraction of sp³-hybridized carbons (Fsp3) is 0.500. The Balaban J connectivity index is 2.22. The van der Waals surface area contributed by atoms with Crippen LogP contribution >= 0.6 is 0 Å². The predicted octanol–water partition coefficient (Wildman–Crippen LogP) is 4.44. The van der Waals surface area contributed by atoms with E-state index in [1.54, 1.807) is 0 Å². The zero-order chi connectivity index (χ0) is 13.1. The largest absolute Gasteiger partial charge is 0.460 e. The van der Waals surface area contributed by atoms with E-state index in [2.05, 4.69) is 57.3 Å². The highest BCUT2D eigenvalue weighted by molar-refractivity contribution is 5.78. The molecule has 1 atom stereocenters. The molecule has 0 fully saturated rings. The van der Waals surface area contributed by atoms with Gasteiger partial charge in [-0.3, -0.25) is 0 Å². The molecular weight excluding hydrogens is 222 g/mol. The van der Waals surface area contributed by atoms with E-state index in [4.69, 9.17) is 4.42 Å². The van der Waals surface area contributed by atoms with Crippen LogP contribution in [0.2, 0.25) is 0 Å². The minimum absolute atomic E-state index is 0.480. The van der Waals surface area contributed by atoms with Crippen LogP contribution in [-0.2, 0) is 6.54 Å². The first-order valence-corrected chi connectivity index (χ1v) is 6.86. The number of rotatable bonds is 5. The summed E-state index contributed by atoms with van der Waals surface area (Å²) in [6, 6.07) is 9.16. The van der Waals surface area contributed by atoms with E-state index < -0.39 is 0 Å². The average molecular weight is 245 g/mol. The van der Waals surface area contributed by atoms with Crippen molar-refractivity contribution in [2.45, 2.75) is 52.6 Å². The van der Waals surface area contributed by atoms with Crippen LogP contribution in [0.25, 0.3) is 11.0 Å². The second kappa shape index (κ2) is 5.57. The van der Waals surface area contributed by atoms with Gasteiger partial charge in [-0.05, 0) is 36.1 Å². The minimum atomic E-state index is 0.480. The monoisotopic (exact) mass is 245 g/mol. The predicted molar refractivity (Wildman–Crippen MR) is 76.9 cm³/mol. The molecule has 0 aliphatic rings. The number of hydrogen-bond acceptors (Lipinski definition) is 2. The van der Waals surface area contributed by atoms with Gasteiger partial charge >= 0.3 is 0 Å². The van der Waals surface area contributed by atoms with Gasteiger partial charge in [0.2, 0.25) is 0 Å². The van der Waals surface area contributed by atoms with Crippen molar-refractivity contribution in [3.63, 3.8) is 0 Å². The Morgan fingerprint density at radius 3 is 2.61 bits per heavy atom. The SMILES string of the molecule is CCC(C)c1ccc2oc(CNC(C)C)cc2c1. The summed E-state index contributed by atoms with van der Waals surface area (Å²) >= 11 is 0. The van der Waals surface area contributed by atoms with Crippen LogP contribution in [0, 0.1) is 0 Å². The van der Waals surface area contributed by atoms with Crippen molar-refractivity contribution in [3.8, 4) is 0 Å². The topological polar surface area (TPSA) is 25.2 Å². The maximum Gasteiger partial charge on any atom is 0.134 e. The Bertz CT molecular complexity index is 513.